The van der Waals surface area contributed by atoms with E-state index >= 15 is 0 Å². The molecular weight excluding hydrogens is 421 g/mol. The van der Waals surface area contributed by atoms with E-state index in [0.717, 1.165) is 17.7 Å². The van der Waals surface area contributed by atoms with Crippen molar-refractivity contribution in [2.24, 2.45) is 0 Å². The van der Waals surface area contributed by atoms with Crippen molar-refractivity contribution in [2.45, 2.75) is 39.0 Å². The van der Waals surface area contributed by atoms with Gasteiger partial charge >= 0.3 is 6.18 Å². The third kappa shape index (κ3) is 5.41. The first-order valence-corrected chi connectivity index (χ1v) is 10.6. The summed E-state index contributed by atoms with van der Waals surface area (Å²) in [4.78, 5) is 28.7. The van der Waals surface area contributed by atoms with Gasteiger partial charge in [0.05, 0.1) is 5.56 Å². The van der Waals surface area contributed by atoms with Gasteiger partial charge in [0.15, 0.2) is 6.10 Å². The summed E-state index contributed by atoms with van der Waals surface area (Å²) in [6.45, 7) is 7.11. The molecule has 0 bridgehead atoms. The zero-order valence-corrected chi connectivity index (χ0v) is 18.4. The topological polar surface area (TPSA) is 49.9 Å². The Bertz CT molecular complexity index is 950. The van der Waals surface area contributed by atoms with Crippen molar-refractivity contribution in [3.63, 3.8) is 0 Å². The maximum Gasteiger partial charge on any atom is 0.416 e. The number of ether oxygens (including phenoxy) is 1. The predicted molar refractivity (Wildman–Crippen MR) is 115 cm³/mol. The Labute approximate surface area is 185 Å². The lowest BCUT2D eigenvalue weighted by molar-refractivity contribution is -0.139. The van der Waals surface area contributed by atoms with Gasteiger partial charge in [-0.2, -0.15) is 13.2 Å². The molecule has 1 heterocycles. The van der Waals surface area contributed by atoms with Gasteiger partial charge in [-0.3, -0.25) is 9.59 Å². The molecular formula is C24H27F3N2O3. The summed E-state index contributed by atoms with van der Waals surface area (Å²) in [7, 11) is 0. The van der Waals surface area contributed by atoms with Crippen LogP contribution in [-0.2, 0) is 11.0 Å². The average molecular weight is 448 g/mol. The second kappa shape index (κ2) is 9.63. The molecule has 0 N–H and O–H groups in total. The second-order valence-corrected chi connectivity index (χ2v) is 8.15. The van der Waals surface area contributed by atoms with E-state index < -0.39 is 17.8 Å². The minimum Gasteiger partial charge on any atom is -0.481 e. The fraction of sp³-hybridized carbons (Fsp3) is 0.417. The molecule has 32 heavy (non-hydrogen) atoms. The van der Waals surface area contributed by atoms with Crippen LogP contribution in [0, 0.1) is 0 Å². The Morgan fingerprint density at radius 1 is 0.875 bits per heavy atom. The van der Waals surface area contributed by atoms with Crippen molar-refractivity contribution < 1.29 is 27.5 Å². The van der Waals surface area contributed by atoms with Crippen LogP contribution in [0.15, 0.2) is 48.5 Å². The Balaban J connectivity index is 1.57. The van der Waals surface area contributed by atoms with E-state index in [4.69, 9.17) is 4.74 Å². The third-order valence-electron chi connectivity index (χ3n) is 5.53. The number of amides is 2. The lowest BCUT2D eigenvalue weighted by Crippen LogP contribution is -2.53. The summed E-state index contributed by atoms with van der Waals surface area (Å²) in [5.74, 6) is 0.430. The smallest absolute Gasteiger partial charge is 0.416 e. The molecule has 172 valence electrons. The molecule has 1 aliphatic rings. The van der Waals surface area contributed by atoms with E-state index in [2.05, 4.69) is 13.8 Å². The molecule has 1 fully saturated rings. The van der Waals surface area contributed by atoms with E-state index in [-0.39, 0.29) is 23.3 Å². The summed E-state index contributed by atoms with van der Waals surface area (Å²) in [5.41, 5.74) is 0.427. The first-order valence-electron chi connectivity index (χ1n) is 10.6. The molecule has 2 amide bonds. The molecule has 2 aromatic carbocycles. The number of hydrogen-bond acceptors (Lipinski definition) is 3. The van der Waals surface area contributed by atoms with Gasteiger partial charge < -0.3 is 14.5 Å². The number of nitrogens with zero attached hydrogens (tertiary/aromatic N) is 2. The molecule has 1 unspecified atom stereocenters. The molecule has 1 atom stereocenters. The monoisotopic (exact) mass is 448 g/mol. The van der Waals surface area contributed by atoms with Crippen molar-refractivity contribution in [3.8, 4) is 5.75 Å². The van der Waals surface area contributed by atoms with Gasteiger partial charge in [0.1, 0.15) is 5.75 Å². The second-order valence-electron chi connectivity index (χ2n) is 8.15. The molecule has 3 rings (SSSR count). The van der Waals surface area contributed by atoms with Crippen LogP contribution in [0.3, 0.4) is 0 Å². The molecule has 0 aliphatic carbocycles. The summed E-state index contributed by atoms with van der Waals surface area (Å²) in [6, 6.07) is 11.8. The quantitative estimate of drug-likeness (QED) is 0.673. The maximum absolute atomic E-state index is 12.9. The Hall–Kier alpha value is -3.03. The predicted octanol–water partition coefficient (Wildman–Crippen LogP) is 4.58. The van der Waals surface area contributed by atoms with Crippen molar-refractivity contribution in [2.75, 3.05) is 26.2 Å². The van der Waals surface area contributed by atoms with Crippen LogP contribution in [0.4, 0.5) is 13.2 Å². The standard InChI is InChI=1S/C24H27F3N2O3/c1-16(2)20-6-4-5-7-21(20)32-17(3)22(30)28-12-14-29(15-13-28)23(31)18-8-10-19(11-9-18)24(25,26)27/h4-11,16-17H,12-15H2,1-3H3. The zero-order valence-electron chi connectivity index (χ0n) is 18.4. The van der Waals surface area contributed by atoms with E-state index in [1.165, 1.54) is 12.1 Å². The van der Waals surface area contributed by atoms with Gasteiger partial charge in [0, 0.05) is 31.7 Å². The van der Waals surface area contributed by atoms with Crippen LogP contribution in [0.2, 0.25) is 0 Å². The molecule has 1 aliphatic heterocycles. The molecule has 8 heteroatoms. The third-order valence-corrected chi connectivity index (χ3v) is 5.53. The molecule has 0 spiro atoms. The number of carbonyl (C=O) groups excluding carboxylic acids is 2. The normalized spacial score (nSPS) is 15.6. The van der Waals surface area contributed by atoms with Crippen LogP contribution in [0.5, 0.6) is 5.75 Å². The molecule has 5 nitrogen and oxygen atoms in total. The van der Waals surface area contributed by atoms with Gasteiger partial charge in [-0.1, -0.05) is 32.0 Å². The average Bonchev–Trinajstić information content (AvgIpc) is 2.78. The lowest BCUT2D eigenvalue weighted by Gasteiger charge is -2.36. The van der Waals surface area contributed by atoms with Gasteiger partial charge in [-0.05, 0) is 48.7 Å². The van der Waals surface area contributed by atoms with Crippen molar-refractivity contribution in [1.29, 1.82) is 0 Å². The van der Waals surface area contributed by atoms with Crippen LogP contribution in [0.25, 0.3) is 0 Å². The Morgan fingerprint density at radius 3 is 2.00 bits per heavy atom. The number of rotatable bonds is 5. The molecule has 1 saturated heterocycles. The fourth-order valence-electron chi connectivity index (χ4n) is 3.68. The fourth-order valence-corrected chi connectivity index (χ4v) is 3.68. The highest BCUT2D eigenvalue weighted by atomic mass is 19.4. The summed E-state index contributed by atoms with van der Waals surface area (Å²) in [5, 5.41) is 0. The minimum absolute atomic E-state index is 0.162. The highest BCUT2D eigenvalue weighted by molar-refractivity contribution is 5.94. The molecule has 0 radical (unpaired) electrons. The van der Waals surface area contributed by atoms with E-state index in [9.17, 15) is 22.8 Å². The Kier molecular flexibility index (Phi) is 7.11. The van der Waals surface area contributed by atoms with E-state index in [1.807, 2.05) is 24.3 Å². The first-order chi connectivity index (χ1) is 15.1. The van der Waals surface area contributed by atoms with Gasteiger partial charge in [-0.25, -0.2) is 0 Å². The van der Waals surface area contributed by atoms with E-state index in [1.54, 1.807) is 16.7 Å². The zero-order chi connectivity index (χ0) is 23.5. The number of benzene rings is 2. The van der Waals surface area contributed by atoms with Crippen LogP contribution >= 0.6 is 0 Å². The number of halogens is 3. The van der Waals surface area contributed by atoms with Gasteiger partial charge in [0.2, 0.25) is 0 Å². The van der Waals surface area contributed by atoms with Gasteiger partial charge in [-0.15, -0.1) is 0 Å². The number of para-hydroxylation sites is 1. The number of carbonyl (C=O) groups is 2. The van der Waals surface area contributed by atoms with Gasteiger partial charge in [0.25, 0.3) is 11.8 Å². The first kappa shape index (κ1) is 23.6. The highest BCUT2D eigenvalue weighted by Crippen LogP contribution is 2.29. The minimum atomic E-state index is -4.44. The van der Waals surface area contributed by atoms with E-state index in [0.29, 0.717) is 31.9 Å². The van der Waals surface area contributed by atoms with Crippen LogP contribution in [-0.4, -0.2) is 53.9 Å². The van der Waals surface area contributed by atoms with Crippen molar-refractivity contribution in [3.05, 3.63) is 65.2 Å². The largest absolute Gasteiger partial charge is 0.481 e. The molecule has 0 aromatic heterocycles. The Morgan fingerprint density at radius 2 is 1.44 bits per heavy atom. The van der Waals surface area contributed by atoms with Crippen molar-refractivity contribution >= 4 is 11.8 Å². The highest BCUT2D eigenvalue weighted by Gasteiger charge is 2.31. The summed E-state index contributed by atoms with van der Waals surface area (Å²) in [6.07, 6.45) is -5.12. The summed E-state index contributed by atoms with van der Waals surface area (Å²) < 4.78 is 44.1. The lowest BCUT2D eigenvalue weighted by atomic mass is 10.0. The number of hydrogen-bond donors (Lipinski definition) is 0. The SMILES string of the molecule is CC(Oc1ccccc1C(C)C)C(=O)N1CCN(C(=O)c2ccc(C(F)(F)F)cc2)CC1. The number of piperazine rings is 1. The molecule has 2 aromatic rings. The van der Waals surface area contributed by atoms with Crippen molar-refractivity contribution in [1.82, 2.24) is 9.80 Å². The summed E-state index contributed by atoms with van der Waals surface area (Å²) >= 11 is 0. The van der Waals surface area contributed by atoms with Crippen LogP contribution < -0.4 is 4.74 Å². The maximum atomic E-state index is 12.9. The number of alkyl halides is 3. The molecule has 0 saturated carbocycles. The van der Waals surface area contributed by atoms with Crippen LogP contribution in [0.1, 0.15) is 48.2 Å².